The zero-order valence-electron chi connectivity index (χ0n) is 18.4. The van der Waals surface area contributed by atoms with Gasteiger partial charge in [-0.3, -0.25) is 14.9 Å². The van der Waals surface area contributed by atoms with E-state index in [1.807, 2.05) is 18.3 Å². The Morgan fingerprint density at radius 1 is 1.10 bits per heavy atom. The summed E-state index contributed by atoms with van der Waals surface area (Å²) in [4.78, 5) is 14.2. The van der Waals surface area contributed by atoms with Crippen LogP contribution < -0.4 is 10.6 Å². The van der Waals surface area contributed by atoms with Crippen LogP contribution in [0.5, 0.6) is 0 Å². The van der Waals surface area contributed by atoms with Gasteiger partial charge in [-0.05, 0) is 38.1 Å². The largest absolute Gasteiger partial charge is 0.357 e. The first-order valence-corrected chi connectivity index (χ1v) is 11.2. The molecule has 1 fully saturated rings. The number of hydrogen-bond acceptors (Lipinski definition) is 4. The fourth-order valence-electron chi connectivity index (χ4n) is 3.88. The molecule has 1 aromatic carbocycles. The highest BCUT2D eigenvalue weighted by Gasteiger charge is 2.25. The van der Waals surface area contributed by atoms with E-state index in [2.05, 4.69) is 75.8 Å². The Balaban J connectivity index is 1.46. The summed E-state index contributed by atoms with van der Waals surface area (Å²) in [6.45, 7) is 9.03. The van der Waals surface area contributed by atoms with Crippen LogP contribution in [0.15, 0.2) is 59.7 Å². The van der Waals surface area contributed by atoms with Gasteiger partial charge in [0, 0.05) is 70.2 Å². The third kappa shape index (κ3) is 7.11. The van der Waals surface area contributed by atoms with E-state index in [4.69, 9.17) is 4.99 Å². The van der Waals surface area contributed by atoms with Crippen molar-refractivity contribution in [2.45, 2.75) is 25.8 Å². The highest BCUT2D eigenvalue weighted by Crippen LogP contribution is 2.24. The molecule has 0 spiro atoms. The molecule has 0 saturated carbocycles. The predicted octanol–water partition coefficient (Wildman–Crippen LogP) is 2.56. The first-order valence-electron chi connectivity index (χ1n) is 11.2. The van der Waals surface area contributed by atoms with E-state index in [9.17, 15) is 0 Å². The van der Waals surface area contributed by atoms with E-state index < -0.39 is 0 Å². The van der Waals surface area contributed by atoms with Gasteiger partial charge in [-0.2, -0.15) is 0 Å². The van der Waals surface area contributed by atoms with Gasteiger partial charge in [-0.1, -0.05) is 36.4 Å². The summed E-state index contributed by atoms with van der Waals surface area (Å²) >= 11 is 0. The van der Waals surface area contributed by atoms with Crippen LogP contribution in [0.2, 0.25) is 0 Å². The SMILES string of the molecule is CCNC(=NCCCN1CCN(C)CC1c1ccccc1)NCCc1ccccn1. The van der Waals surface area contributed by atoms with Crippen molar-refractivity contribution in [1.29, 1.82) is 0 Å². The summed E-state index contributed by atoms with van der Waals surface area (Å²) in [5.41, 5.74) is 2.51. The van der Waals surface area contributed by atoms with E-state index in [0.29, 0.717) is 6.04 Å². The van der Waals surface area contributed by atoms with Crippen molar-refractivity contribution >= 4 is 5.96 Å². The van der Waals surface area contributed by atoms with Crippen LogP contribution >= 0.6 is 0 Å². The van der Waals surface area contributed by atoms with Crippen LogP contribution in [-0.2, 0) is 6.42 Å². The minimum atomic E-state index is 0.471. The summed E-state index contributed by atoms with van der Waals surface area (Å²) in [5.74, 6) is 0.895. The summed E-state index contributed by atoms with van der Waals surface area (Å²) in [6.07, 6.45) is 3.80. The Morgan fingerprint density at radius 2 is 1.93 bits per heavy atom. The summed E-state index contributed by atoms with van der Waals surface area (Å²) in [7, 11) is 2.22. The number of likely N-dealkylation sites (N-methyl/N-ethyl adjacent to an activating group) is 1. The number of nitrogens with zero attached hydrogens (tertiary/aromatic N) is 4. The highest BCUT2D eigenvalue weighted by atomic mass is 15.3. The zero-order chi connectivity index (χ0) is 21.0. The first-order chi connectivity index (χ1) is 14.8. The van der Waals surface area contributed by atoms with E-state index in [-0.39, 0.29) is 0 Å². The normalized spacial score (nSPS) is 18.3. The van der Waals surface area contributed by atoms with Gasteiger partial charge in [0.15, 0.2) is 5.96 Å². The van der Waals surface area contributed by atoms with E-state index in [0.717, 1.165) is 70.3 Å². The van der Waals surface area contributed by atoms with Crippen molar-refractivity contribution in [3.8, 4) is 0 Å². The fraction of sp³-hybridized carbons (Fsp3) is 0.500. The van der Waals surface area contributed by atoms with Gasteiger partial charge in [0.25, 0.3) is 0 Å². The van der Waals surface area contributed by atoms with Gasteiger partial charge < -0.3 is 15.5 Å². The van der Waals surface area contributed by atoms with Crippen LogP contribution in [0, 0.1) is 0 Å². The molecule has 0 radical (unpaired) electrons. The van der Waals surface area contributed by atoms with E-state index in [1.54, 1.807) is 0 Å². The molecule has 30 heavy (non-hydrogen) atoms. The van der Waals surface area contributed by atoms with Crippen LogP contribution in [-0.4, -0.2) is 73.6 Å². The quantitative estimate of drug-likeness (QED) is 0.379. The molecule has 6 nitrogen and oxygen atoms in total. The van der Waals surface area contributed by atoms with Crippen LogP contribution in [0.4, 0.5) is 0 Å². The Morgan fingerprint density at radius 3 is 2.70 bits per heavy atom. The molecule has 1 atom stereocenters. The summed E-state index contributed by atoms with van der Waals surface area (Å²) in [6, 6.07) is 17.4. The molecule has 1 aliphatic heterocycles. The molecule has 162 valence electrons. The van der Waals surface area contributed by atoms with E-state index in [1.165, 1.54) is 5.56 Å². The number of nitrogens with one attached hydrogen (secondary N) is 2. The molecule has 1 saturated heterocycles. The maximum Gasteiger partial charge on any atom is 0.191 e. The third-order valence-electron chi connectivity index (χ3n) is 5.50. The monoisotopic (exact) mass is 408 g/mol. The number of pyridine rings is 1. The molecular weight excluding hydrogens is 372 g/mol. The van der Waals surface area contributed by atoms with Gasteiger partial charge in [0.1, 0.15) is 0 Å². The van der Waals surface area contributed by atoms with Crippen molar-refractivity contribution in [2.24, 2.45) is 4.99 Å². The van der Waals surface area contributed by atoms with Crippen LogP contribution in [0.3, 0.4) is 0 Å². The van der Waals surface area contributed by atoms with Gasteiger partial charge in [0.2, 0.25) is 0 Å². The van der Waals surface area contributed by atoms with Crippen molar-refractivity contribution in [1.82, 2.24) is 25.4 Å². The topological polar surface area (TPSA) is 55.8 Å². The predicted molar refractivity (Wildman–Crippen MR) is 125 cm³/mol. The molecule has 0 aliphatic carbocycles. The van der Waals surface area contributed by atoms with Crippen molar-refractivity contribution in [3.63, 3.8) is 0 Å². The molecule has 3 rings (SSSR count). The van der Waals surface area contributed by atoms with Crippen LogP contribution in [0.25, 0.3) is 0 Å². The number of aromatic nitrogens is 1. The lowest BCUT2D eigenvalue weighted by Crippen LogP contribution is -2.47. The second kappa shape index (κ2) is 12.3. The van der Waals surface area contributed by atoms with Gasteiger partial charge >= 0.3 is 0 Å². The number of piperazine rings is 1. The molecule has 0 bridgehead atoms. The zero-order valence-corrected chi connectivity index (χ0v) is 18.4. The minimum Gasteiger partial charge on any atom is -0.357 e. The average molecular weight is 409 g/mol. The lowest BCUT2D eigenvalue weighted by molar-refractivity contribution is 0.0894. The molecule has 2 heterocycles. The van der Waals surface area contributed by atoms with Crippen LogP contribution in [0.1, 0.15) is 30.6 Å². The van der Waals surface area contributed by atoms with Gasteiger partial charge in [-0.15, -0.1) is 0 Å². The standard InChI is InChI=1S/C24H36N6/c1-3-25-24(28-16-13-22-12-7-8-14-26-22)27-15-9-17-30-19-18-29(2)20-23(30)21-10-5-4-6-11-21/h4-8,10-12,14,23H,3,9,13,15-20H2,1-2H3,(H2,25,27,28). The van der Waals surface area contributed by atoms with Crippen molar-refractivity contribution < 1.29 is 0 Å². The highest BCUT2D eigenvalue weighted by molar-refractivity contribution is 5.79. The second-order valence-corrected chi connectivity index (χ2v) is 7.84. The second-order valence-electron chi connectivity index (χ2n) is 7.84. The Bertz CT molecular complexity index is 749. The molecule has 1 unspecified atom stereocenters. The number of benzene rings is 1. The summed E-state index contributed by atoms with van der Waals surface area (Å²) < 4.78 is 0. The molecular formula is C24H36N6. The lowest BCUT2D eigenvalue weighted by atomic mass is 10.0. The molecule has 2 N–H and O–H groups in total. The number of guanidine groups is 1. The molecule has 1 aromatic heterocycles. The Hall–Kier alpha value is -2.44. The smallest absolute Gasteiger partial charge is 0.191 e. The molecule has 0 amide bonds. The number of aliphatic imine (C=N–C) groups is 1. The average Bonchev–Trinajstić information content (AvgIpc) is 2.78. The minimum absolute atomic E-state index is 0.471. The molecule has 6 heteroatoms. The molecule has 2 aromatic rings. The summed E-state index contributed by atoms with van der Waals surface area (Å²) in [5, 5.41) is 6.77. The van der Waals surface area contributed by atoms with Gasteiger partial charge in [-0.25, -0.2) is 0 Å². The fourth-order valence-corrected chi connectivity index (χ4v) is 3.88. The lowest BCUT2D eigenvalue weighted by Gasteiger charge is -2.40. The van der Waals surface area contributed by atoms with E-state index >= 15 is 0 Å². The van der Waals surface area contributed by atoms with Crippen molar-refractivity contribution in [3.05, 3.63) is 66.0 Å². The Labute approximate surface area is 181 Å². The maximum atomic E-state index is 4.78. The van der Waals surface area contributed by atoms with Crippen molar-refractivity contribution in [2.75, 3.05) is 52.9 Å². The van der Waals surface area contributed by atoms with Gasteiger partial charge in [0.05, 0.1) is 0 Å². The third-order valence-corrected chi connectivity index (χ3v) is 5.50. The maximum absolute atomic E-state index is 4.78. The first kappa shape index (κ1) is 22.2. The molecule has 1 aliphatic rings. The Kier molecular flexibility index (Phi) is 9.12. The number of rotatable bonds is 9. The number of hydrogen-bond donors (Lipinski definition) is 2.